The summed E-state index contributed by atoms with van der Waals surface area (Å²) < 4.78 is 62.7. The van der Waals surface area contributed by atoms with Crippen LogP contribution in [0.25, 0.3) is 0 Å². The minimum absolute atomic E-state index is 0.0433. The number of hydrogen-bond donors (Lipinski definition) is 3. The number of sulfonamides is 1. The van der Waals surface area contributed by atoms with Gasteiger partial charge in [-0.3, -0.25) is 10.8 Å². The highest BCUT2D eigenvalue weighted by molar-refractivity contribution is 7.89. The largest absolute Gasteiger partial charge is 0.453 e. The van der Waals surface area contributed by atoms with E-state index in [1.54, 1.807) is 0 Å². The molecular weight excluding hydrogens is 561 g/mol. The van der Waals surface area contributed by atoms with Crippen LogP contribution in [0.4, 0.5) is 8.78 Å². The predicted molar refractivity (Wildman–Crippen MR) is 130 cm³/mol. The molecule has 0 saturated heterocycles. The third kappa shape index (κ3) is 6.29. The van der Waals surface area contributed by atoms with Gasteiger partial charge in [0.05, 0.1) is 33.7 Å². The highest BCUT2D eigenvalue weighted by atomic mass is 35.5. The molecule has 0 radical (unpaired) electrons. The van der Waals surface area contributed by atoms with Crippen LogP contribution in [0.5, 0.6) is 11.5 Å². The lowest BCUT2D eigenvalue weighted by Crippen LogP contribution is -2.18. The maximum atomic E-state index is 15.2. The van der Waals surface area contributed by atoms with Gasteiger partial charge in [-0.05, 0) is 36.4 Å². The van der Waals surface area contributed by atoms with Crippen LogP contribution in [0.1, 0.15) is 16.7 Å². The lowest BCUT2D eigenvalue weighted by Gasteiger charge is -2.14. The highest BCUT2D eigenvalue weighted by Crippen LogP contribution is 2.35. The molecule has 0 aliphatic heterocycles. The molecular formula is C22H13Cl3F2N4O4S. The van der Waals surface area contributed by atoms with Gasteiger partial charge in [0.2, 0.25) is 15.9 Å². The average molecular weight is 574 g/mol. The molecule has 0 fully saturated rings. The Morgan fingerprint density at radius 3 is 2.39 bits per heavy atom. The summed E-state index contributed by atoms with van der Waals surface area (Å²) in [4.78, 5) is -0.923. The van der Waals surface area contributed by atoms with Gasteiger partial charge in [-0.1, -0.05) is 40.9 Å². The number of nitrogens with two attached hydrogens (primary N) is 1. The highest BCUT2D eigenvalue weighted by Gasteiger charge is 2.22. The Kier molecular flexibility index (Phi) is 8.18. The Balaban J connectivity index is 1.83. The van der Waals surface area contributed by atoms with E-state index in [1.807, 2.05) is 6.07 Å². The molecule has 0 saturated carbocycles. The molecule has 0 atom stereocenters. The average Bonchev–Trinajstić information content (AvgIpc) is 2.77. The van der Waals surface area contributed by atoms with Gasteiger partial charge in [0.1, 0.15) is 16.5 Å². The van der Waals surface area contributed by atoms with Crippen molar-refractivity contribution in [3.05, 3.63) is 85.9 Å². The summed E-state index contributed by atoms with van der Waals surface area (Å²) in [5, 5.41) is 29.7. The summed E-state index contributed by atoms with van der Waals surface area (Å²) in [6.45, 7) is 0. The summed E-state index contributed by atoms with van der Waals surface area (Å²) in [6, 6.07) is 9.83. The second-order valence-corrected chi connectivity index (χ2v) is 9.86. The third-order valence-electron chi connectivity index (χ3n) is 4.50. The first kappa shape index (κ1) is 27.3. The molecule has 3 aromatic carbocycles. The topological polar surface area (TPSA) is 150 Å². The molecule has 36 heavy (non-hydrogen) atoms. The molecule has 0 amide bonds. The second-order valence-electron chi connectivity index (χ2n) is 7.08. The van der Waals surface area contributed by atoms with Crippen molar-refractivity contribution in [2.24, 2.45) is 5.14 Å². The first-order chi connectivity index (χ1) is 16.8. The molecule has 3 rings (SSSR count). The molecule has 0 unspecified atom stereocenters. The van der Waals surface area contributed by atoms with E-state index >= 15 is 4.39 Å². The Morgan fingerprint density at radius 1 is 1.06 bits per heavy atom. The van der Waals surface area contributed by atoms with Gasteiger partial charge >= 0.3 is 0 Å². The van der Waals surface area contributed by atoms with Crippen molar-refractivity contribution in [1.29, 1.82) is 16.1 Å². The fourth-order valence-electron chi connectivity index (χ4n) is 2.92. The predicted octanol–water partition coefficient (Wildman–Crippen LogP) is 5.80. The first-order valence-corrected chi connectivity index (χ1v) is 12.2. The van der Waals surface area contributed by atoms with Crippen LogP contribution in [0.15, 0.2) is 47.4 Å². The summed E-state index contributed by atoms with van der Waals surface area (Å²) >= 11 is 17.9. The third-order valence-corrected chi connectivity index (χ3v) is 6.25. The Hall–Kier alpha value is -3.27. The van der Waals surface area contributed by atoms with E-state index in [0.717, 1.165) is 0 Å². The van der Waals surface area contributed by atoms with Crippen molar-refractivity contribution in [3.8, 4) is 17.6 Å². The van der Waals surface area contributed by atoms with E-state index < -0.39 is 50.5 Å². The lowest BCUT2D eigenvalue weighted by molar-refractivity contribution is 0.438. The molecule has 0 aromatic heterocycles. The van der Waals surface area contributed by atoms with E-state index in [4.69, 9.17) is 65.5 Å². The van der Waals surface area contributed by atoms with Crippen molar-refractivity contribution in [2.45, 2.75) is 11.3 Å². The minimum atomic E-state index is -4.47. The number of rotatable bonds is 6. The summed E-state index contributed by atoms with van der Waals surface area (Å²) in [7, 11) is -4.47. The van der Waals surface area contributed by atoms with Gasteiger partial charge < -0.3 is 9.47 Å². The van der Waals surface area contributed by atoms with Crippen molar-refractivity contribution in [2.75, 3.05) is 0 Å². The molecule has 14 heteroatoms. The molecule has 186 valence electrons. The number of halogens is 5. The molecule has 8 nitrogen and oxygen atoms in total. The number of benzene rings is 3. The fraction of sp³-hybridized carbons (Fsp3) is 0.0455. The summed E-state index contributed by atoms with van der Waals surface area (Å²) in [5.41, 5.74) is -0.296. The van der Waals surface area contributed by atoms with Gasteiger partial charge in [0.25, 0.3) is 0 Å². The Labute approximate surface area is 218 Å². The minimum Gasteiger partial charge on any atom is -0.453 e. The zero-order chi connectivity index (χ0) is 26.8. The number of hydrogen-bond acceptors (Lipinski definition) is 7. The number of nitrogens with one attached hydrogen (secondary N) is 2. The zero-order valence-electron chi connectivity index (χ0n) is 17.7. The van der Waals surface area contributed by atoms with Crippen molar-refractivity contribution < 1.29 is 26.7 Å². The van der Waals surface area contributed by atoms with Gasteiger partial charge in [-0.25, -0.2) is 22.3 Å². The van der Waals surface area contributed by atoms with Gasteiger partial charge in [0.15, 0.2) is 17.5 Å². The fourth-order valence-corrected chi connectivity index (χ4v) is 4.17. The maximum absolute atomic E-state index is 15.2. The molecule has 0 spiro atoms. The molecule has 0 heterocycles. The van der Waals surface area contributed by atoms with Gasteiger partial charge in [0, 0.05) is 10.6 Å². The maximum Gasteiger partial charge on any atom is 0.240 e. The van der Waals surface area contributed by atoms with Crippen molar-refractivity contribution >= 4 is 56.6 Å². The number of primary sulfonamides is 1. The molecule has 0 bridgehead atoms. The second kappa shape index (κ2) is 10.8. The van der Waals surface area contributed by atoms with Crippen LogP contribution in [0.3, 0.4) is 0 Å². The number of nitrogens with zero attached hydrogens (tertiary/aromatic N) is 1. The smallest absolute Gasteiger partial charge is 0.240 e. The molecule has 0 aliphatic rings. The molecule has 0 aliphatic carbocycles. The standard InChI is InChI=1S/C22H13Cl3F2N4O4S/c23-12-3-10(9-28)4-13(6-12)34-21-15(24)2-1-11(20(21)27)5-19(29)35-22(30)14-7-18(36(31,32)33)17(26)8-16(14)25/h1-4,6-8,29-30H,5H2,(H2,31,32,33). The zero-order valence-corrected chi connectivity index (χ0v) is 20.8. The Bertz CT molecular complexity index is 1560. The van der Waals surface area contributed by atoms with Gasteiger partial charge in [-0.2, -0.15) is 5.26 Å². The lowest BCUT2D eigenvalue weighted by atomic mass is 10.1. The first-order valence-electron chi connectivity index (χ1n) is 9.51. The van der Waals surface area contributed by atoms with Crippen molar-refractivity contribution in [1.82, 2.24) is 0 Å². The van der Waals surface area contributed by atoms with Crippen LogP contribution >= 0.6 is 34.8 Å². The summed E-state index contributed by atoms with van der Waals surface area (Å²) in [6.07, 6.45) is -0.485. The van der Waals surface area contributed by atoms with E-state index in [1.165, 1.54) is 30.3 Å². The Morgan fingerprint density at radius 2 is 1.75 bits per heavy atom. The SMILES string of the molecule is N#Cc1cc(Cl)cc(Oc2c(Cl)ccc(CC(=N)OC(=N)c3cc(S(N)(=O)=O)c(F)cc3Cl)c2F)c1. The van der Waals surface area contributed by atoms with Gasteiger partial charge in [-0.15, -0.1) is 0 Å². The van der Waals surface area contributed by atoms with Crippen LogP contribution in [0, 0.1) is 33.8 Å². The quantitative estimate of drug-likeness (QED) is 0.252. The monoisotopic (exact) mass is 572 g/mol. The normalized spacial score (nSPS) is 11.0. The van der Waals surface area contributed by atoms with Crippen LogP contribution in [-0.2, 0) is 21.2 Å². The van der Waals surface area contributed by atoms with E-state index in [0.29, 0.717) is 12.1 Å². The van der Waals surface area contributed by atoms with E-state index in [-0.39, 0.29) is 37.5 Å². The molecule has 4 N–H and O–H groups in total. The number of nitriles is 1. The number of ether oxygens (including phenoxy) is 2. The van der Waals surface area contributed by atoms with E-state index in [9.17, 15) is 12.8 Å². The summed E-state index contributed by atoms with van der Waals surface area (Å²) in [5.74, 6) is -3.98. The van der Waals surface area contributed by atoms with Crippen LogP contribution in [-0.4, -0.2) is 20.2 Å². The molecule has 3 aromatic rings. The van der Waals surface area contributed by atoms with Crippen molar-refractivity contribution in [3.63, 3.8) is 0 Å². The van der Waals surface area contributed by atoms with E-state index in [2.05, 4.69) is 0 Å². The van der Waals surface area contributed by atoms with Crippen LogP contribution < -0.4 is 9.88 Å². The van der Waals surface area contributed by atoms with Crippen LogP contribution in [0.2, 0.25) is 15.1 Å².